The maximum absolute atomic E-state index is 6.02. The van der Waals surface area contributed by atoms with E-state index in [2.05, 4.69) is 24.1 Å². The molecular weight excluding hydrogens is 224 g/mol. The summed E-state index contributed by atoms with van der Waals surface area (Å²) in [6, 6.07) is 2.20. The van der Waals surface area contributed by atoms with Crippen LogP contribution in [0, 0.1) is 0 Å². The Morgan fingerprint density at radius 2 is 2.11 bits per heavy atom. The van der Waals surface area contributed by atoms with Crippen LogP contribution in [-0.4, -0.2) is 48.3 Å². The summed E-state index contributed by atoms with van der Waals surface area (Å²) in [5, 5.41) is 3.69. The number of ether oxygens (including phenoxy) is 1. The standard InChI is InChI=1S/C15H28N2O/c1-3-7-16-12-6-8-17(11(2)9-12)14-10-13-4-5-15(14)18-13/h11-16H,3-10H2,1-2H3. The molecular formula is C15H28N2O. The van der Waals surface area contributed by atoms with Gasteiger partial charge >= 0.3 is 0 Å². The molecule has 3 rings (SSSR count). The van der Waals surface area contributed by atoms with Gasteiger partial charge in [0, 0.05) is 24.7 Å². The quantitative estimate of drug-likeness (QED) is 0.830. The number of likely N-dealkylation sites (tertiary alicyclic amines) is 1. The first-order valence-corrected chi connectivity index (χ1v) is 7.92. The summed E-state index contributed by atoms with van der Waals surface area (Å²) in [7, 11) is 0. The molecule has 3 aliphatic rings. The van der Waals surface area contributed by atoms with E-state index >= 15 is 0 Å². The summed E-state index contributed by atoms with van der Waals surface area (Å²) in [6.07, 6.45) is 8.92. The second-order valence-electron chi connectivity index (χ2n) is 6.44. The van der Waals surface area contributed by atoms with E-state index in [9.17, 15) is 0 Å². The molecule has 5 unspecified atom stereocenters. The lowest BCUT2D eigenvalue weighted by molar-refractivity contribution is 0.0347. The van der Waals surface area contributed by atoms with E-state index in [0.29, 0.717) is 12.2 Å². The van der Waals surface area contributed by atoms with Crippen LogP contribution < -0.4 is 5.32 Å². The molecule has 0 spiro atoms. The van der Waals surface area contributed by atoms with Gasteiger partial charge in [-0.1, -0.05) is 6.92 Å². The summed E-state index contributed by atoms with van der Waals surface area (Å²) >= 11 is 0. The molecule has 18 heavy (non-hydrogen) atoms. The van der Waals surface area contributed by atoms with E-state index in [1.165, 1.54) is 51.6 Å². The Labute approximate surface area is 111 Å². The van der Waals surface area contributed by atoms with Gasteiger partial charge in [0.15, 0.2) is 0 Å². The highest BCUT2D eigenvalue weighted by Crippen LogP contribution is 2.39. The van der Waals surface area contributed by atoms with Gasteiger partial charge in [0.1, 0.15) is 0 Å². The number of fused-ring (bicyclic) bond motifs is 2. The predicted molar refractivity (Wildman–Crippen MR) is 73.8 cm³/mol. The number of nitrogens with zero attached hydrogens (tertiary/aromatic N) is 1. The van der Waals surface area contributed by atoms with Crippen molar-refractivity contribution in [3.63, 3.8) is 0 Å². The molecule has 0 saturated carbocycles. The molecule has 2 bridgehead atoms. The average molecular weight is 252 g/mol. The molecule has 3 fully saturated rings. The summed E-state index contributed by atoms with van der Waals surface area (Å²) in [5.74, 6) is 0. The first-order valence-electron chi connectivity index (χ1n) is 7.92. The molecule has 0 aliphatic carbocycles. The van der Waals surface area contributed by atoms with Crippen LogP contribution in [0.1, 0.15) is 52.4 Å². The fourth-order valence-electron chi connectivity index (χ4n) is 4.18. The number of nitrogens with one attached hydrogen (secondary N) is 1. The van der Waals surface area contributed by atoms with Crippen LogP contribution >= 0.6 is 0 Å². The second-order valence-corrected chi connectivity index (χ2v) is 6.44. The Hall–Kier alpha value is -0.120. The molecule has 1 N–H and O–H groups in total. The van der Waals surface area contributed by atoms with Gasteiger partial charge in [-0.2, -0.15) is 0 Å². The molecule has 0 aromatic heterocycles. The normalized spacial score (nSPS) is 44.7. The fourth-order valence-corrected chi connectivity index (χ4v) is 4.18. The van der Waals surface area contributed by atoms with E-state index in [1.807, 2.05) is 0 Å². The topological polar surface area (TPSA) is 24.5 Å². The summed E-state index contributed by atoms with van der Waals surface area (Å²) < 4.78 is 6.02. The molecule has 0 radical (unpaired) electrons. The van der Waals surface area contributed by atoms with Gasteiger partial charge in [0.25, 0.3) is 0 Å². The first-order chi connectivity index (χ1) is 8.78. The Morgan fingerprint density at radius 3 is 2.72 bits per heavy atom. The Morgan fingerprint density at radius 1 is 1.22 bits per heavy atom. The predicted octanol–water partition coefficient (Wildman–Crippen LogP) is 2.16. The van der Waals surface area contributed by atoms with Crippen molar-refractivity contribution in [1.82, 2.24) is 10.2 Å². The number of hydrogen-bond donors (Lipinski definition) is 1. The maximum Gasteiger partial charge on any atom is 0.0736 e. The van der Waals surface area contributed by atoms with Crippen molar-refractivity contribution in [3.8, 4) is 0 Å². The minimum Gasteiger partial charge on any atom is -0.373 e. The van der Waals surface area contributed by atoms with Gasteiger partial charge in [-0.05, 0) is 52.0 Å². The minimum absolute atomic E-state index is 0.553. The number of hydrogen-bond acceptors (Lipinski definition) is 3. The van der Waals surface area contributed by atoms with Crippen LogP contribution in [0.4, 0.5) is 0 Å². The zero-order chi connectivity index (χ0) is 12.5. The van der Waals surface area contributed by atoms with Crippen molar-refractivity contribution >= 4 is 0 Å². The third-order valence-corrected chi connectivity index (χ3v) is 5.11. The summed E-state index contributed by atoms with van der Waals surface area (Å²) in [5.41, 5.74) is 0. The zero-order valence-electron chi connectivity index (χ0n) is 11.9. The van der Waals surface area contributed by atoms with Crippen molar-refractivity contribution in [2.45, 2.75) is 82.7 Å². The molecule has 3 aliphatic heterocycles. The van der Waals surface area contributed by atoms with Gasteiger partial charge < -0.3 is 10.1 Å². The van der Waals surface area contributed by atoms with Crippen molar-refractivity contribution in [2.24, 2.45) is 0 Å². The van der Waals surface area contributed by atoms with Crippen LogP contribution in [0.2, 0.25) is 0 Å². The second kappa shape index (κ2) is 5.48. The van der Waals surface area contributed by atoms with E-state index in [-0.39, 0.29) is 0 Å². The van der Waals surface area contributed by atoms with Crippen LogP contribution in [0.15, 0.2) is 0 Å². The number of rotatable bonds is 4. The highest BCUT2D eigenvalue weighted by atomic mass is 16.5. The largest absolute Gasteiger partial charge is 0.373 e. The van der Waals surface area contributed by atoms with E-state index in [1.54, 1.807) is 0 Å². The highest BCUT2D eigenvalue weighted by Gasteiger charge is 2.45. The molecule has 0 amide bonds. The third-order valence-electron chi connectivity index (χ3n) is 5.11. The van der Waals surface area contributed by atoms with Gasteiger partial charge in [-0.3, -0.25) is 4.90 Å². The molecule has 3 heteroatoms. The monoisotopic (exact) mass is 252 g/mol. The first kappa shape index (κ1) is 12.9. The average Bonchev–Trinajstić information content (AvgIpc) is 2.98. The third kappa shape index (κ3) is 2.45. The molecule has 5 atom stereocenters. The molecule has 3 heterocycles. The lowest BCUT2D eigenvalue weighted by atomic mass is 9.89. The van der Waals surface area contributed by atoms with Crippen LogP contribution in [0.3, 0.4) is 0 Å². The molecule has 0 aromatic rings. The summed E-state index contributed by atoms with van der Waals surface area (Å²) in [6.45, 7) is 7.10. The Balaban J connectivity index is 1.53. The Kier molecular flexibility index (Phi) is 3.92. The lowest BCUT2D eigenvalue weighted by Crippen LogP contribution is -2.54. The minimum atomic E-state index is 0.553. The van der Waals surface area contributed by atoms with Crippen molar-refractivity contribution in [2.75, 3.05) is 13.1 Å². The van der Waals surface area contributed by atoms with Crippen LogP contribution in [0.5, 0.6) is 0 Å². The van der Waals surface area contributed by atoms with E-state index in [0.717, 1.165) is 18.1 Å². The van der Waals surface area contributed by atoms with Crippen LogP contribution in [0.25, 0.3) is 0 Å². The maximum atomic E-state index is 6.02. The van der Waals surface area contributed by atoms with Crippen molar-refractivity contribution in [1.29, 1.82) is 0 Å². The molecule has 3 saturated heterocycles. The smallest absolute Gasteiger partial charge is 0.0736 e. The summed E-state index contributed by atoms with van der Waals surface area (Å²) in [4.78, 5) is 2.74. The lowest BCUT2D eigenvalue weighted by Gasteiger charge is -2.43. The highest BCUT2D eigenvalue weighted by molar-refractivity contribution is 4.98. The molecule has 3 nitrogen and oxygen atoms in total. The molecule has 0 aromatic carbocycles. The van der Waals surface area contributed by atoms with Gasteiger partial charge in [0.05, 0.1) is 12.2 Å². The fraction of sp³-hybridized carbons (Fsp3) is 1.00. The number of piperidine rings is 1. The Bertz CT molecular complexity index is 284. The molecule has 104 valence electrons. The van der Waals surface area contributed by atoms with Gasteiger partial charge in [0.2, 0.25) is 0 Å². The van der Waals surface area contributed by atoms with Crippen molar-refractivity contribution in [3.05, 3.63) is 0 Å². The van der Waals surface area contributed by atoms with E-state index in [4.69, 9.17) is 4.74 Å². The van der Waals surface area contributed by atoms with Gasteiger partial charge in [-0.25, -0.2) is 0 Å². The van der Waals surface area contributed by atoms with Gasteiger partial charge in [-0.15, -0.1) is 0 Å². The van der Waals surface area contributed by atoms with Crippen molar-refractivity contribution < 1.29 is 4.74 Å². The van der Waals surface area contributed by atoms with E-state index < -0.39 is 0 Å². The SMILES string of the molecule is CCCNC1CCN(C2CC3CCC2O3)C(C)C1. The van der Waals surface area contributed by atoms with Crippen LogP contribution in [-0.2, 0) is 4.74 Å². The zero-order valence-corrected chi connectivity index (χ0v) is 11.9.